The molecular weight excluding hydrogens is 262 g/mol. The molecule has 1 unspecified atom stereocenters. The van der Waals surface area contributed by atoms with Crippen LogP contribution in [0.1, 0.15) is 40.0 Å². The lowest BCUT2D eigenvalue weighted by Crippen LogP contribution is -2.43. The SMILES string of the molecule is CC(C)(C)OC(=O)N1CCCC(CCOCC(=O)O)C1. The van der Waals surface area contributed by atoms with Gasteiger partial charge in [0.15, 0.2) is 0 Å². The van der Waals surface area contributed by atoms with Crippen molar-refractivity contribution in [1.29, 1.82) is 0 Å². The maximum atomic E-state index is 12.0. The smallest absolute Gasteiger partial charge is 0.410 e. The molecule has 0 saturated carbocycles. The van der Waals surface area contributed by atoms with Crippen molar-refractivity contribution < 1.29 is 24.2 Å². The molecule has 1 aliphatic rings. The Morgan fingerprint density at radius 1 is 1.35 bits per heavy atom. The van der Waals surface area contributed by atoms with E-state index in [9.17, 15) is 9.59 Å². The molecule has 1 atom stereocenters. The van der Waals surface area contributed by atoms with Gasteiger partial charge < -0.3 is 19.5 Å². The fourth-order valence-electron chi connectivity index (χ4n) is 2.20. The van der Waals surface area contributed by atoms with Crippen LogP contribution in [-0.4, -0.2) is 54.0 Å². The molecule has 116 valence electrons. The number of hydrogen-bond acceptors (Lipinski definition) is 4. The van der Waals surface area contributed by atoms with Crippen molar-refractivity contribution in [3.05, 3.63) is 0 Å². The summed E-state index contributed by atoms with van der Waals surface area (Å²) < 4.78 is 10.4. The van der Waals surface area contributed by atoms with Gasteiger partial charge in [-0.3, -0.25) is 0 Å². The predicted octanol–water partition coefficient (Wildman–Crippen LogP) is 2.12. The van der Waals surface area contributed by atoms with Crippen molar-refractivity contribution in [2.45, 2.75) is 45.6 Å². The van der Waals surface area contributed by atoms with E-state index in [1.807, 2.05) is 20.8 Å². The molecular formula is C14H25NO5. The molecule has 20 heavy (non-hydrogen) atoms. The van der Waals surface area contributed by atoms with Crippen molar-refractivity contribution >= 4 is 12.1 Å². The molecule has 6 heteroatoms. The Morgan fingerprint density at radius 3 is 2.65 bits per heavy atom. The molecule has 1 aliphatic heterocycles. The zero-order valence-corrected chi connectivity index (χ0v) is 12.6. The summed E-state index contributed by atoms with van der Waals surface area (Å²) in [7, 11) is 0. The molecule has 0 aromatic carbocycles. The zero-order valence-electron chi connectivity index (χ0n) is 12.6. The van der Waals surface area contributed by atoms with Crippen LogP contribution in [0.25, 0.3) is 0 Å². The minimum absolute atomic E-state index is 0.261. The van der Waals surface area contributed by atoms with Crippen LogP contribution in [-0.2, 0) is 14.3 Å². The summed E-state index contributed by atoms with van der Waals surface area (Å²) >= 11 is 0. The maximum absolute atomic E-state index is 12.0. The first-order valence-corrected chi connectivity index (χ1v) is 7.05. The first-order chi connectivity index (χ1) is 9.28. The molecule has 1 rings (SSSR count). The average molecular weight is 287 g/mol. The van der Waals surface area contributed by atoms with Crippen molar-refractivity contribution in [2.24, 2.45) is 5.92 Å². The standard InChI is InChI=1S/C14H25NO5/c1-14(2,3)20-13(18)15-7-4-5-11(9-15)6-8-19-10-12(16)17/h11H,4-10H2,1-3H3,(H,16,17). The van der Waals surface area contributed by atoms with Gasteiger partial charge in [-0.05, 0) is 46.0 Å². The van der Waals surface area contributed by atoms with Gasteiger partial charge in [-0.2, -0.15) is 0 Å². The minimum Gasteiger partial charge on any atom is -0.480 e. The molecule has 0 aliphatic carbocycles. The lowest BCUT2D eigenvalue weighted by molar-refractivity contribution is -0.142. The van der Waals surface area contributed by atoms with Crippen molar-refractivity contribution in [2.75, 3.05) is 26.3 Å². The van der Waals surface area contributed by atoms with Gasteiger partial charge in [0.2, 0.25) is 0 Å². The minimum atomic E-state index is -0.955. The van der Waals surface area contributed by atoms with Crippen LogP contribution in [0.2, 0.25) is 0 Å². The quantitative estimate of drug-likeness (QED) is 0.784. The molecule has 6 nitrogen and oxygen atoms in total. The van der Waals surface area contributed by atoms with Gasteiger partial charge in [-0.15, -0.1) is 0 Å². The third-order valence-corrected chi connectivity index (χ3v) is 3.07. The average Bonchev–Trinajstić information content (AvgIpc) is 2.33. The molecule has 0 aromatic rings. The molecule has 1 N–H and O–H groups in total. The second kappa shape index (κ2) is 7.47. The van der Waals surface area contributed by atoms with E-state index < -0.39 is 11.6 Å². The summed E-state index contributed by atoms with van der Waals surface area (Å²) in [6.07, 6.45) is 2.49. The molecule has 0 radical (unpaired) electrons. The highest BCUT2D eigenvalue weighted by Gasteiger charge is 2.27. The summed E-state index contributed by atoms with van der Waals surface area (Å²) in [6, 6.07) is 0. The van der Waals surface area contributed by atoms with E-state index >= 15 is 0 Å². The number of amides is 1. The Bertz CT molecular complexity index is 337. The first kappa shape index (κ1) is 16.8. The van der Waals surface area contributed by atoms with E-state index in [0.717, 1.165) is 25.8 Å². The molecule has 1 saturated heterocycles. The number of aliphatic carboxylic acids is 1. The van der Waals surface area contributed by atoms with Crippen LogP contribution < -0.4 is 0 Å². The number of carbonyl (C=O) groups excluding carboxylic acids is 1. The van der Waals surface area contributed by atoms with Crippen LogP contribution >= 0.6 is 0 Å². The normalized spacial score (nSPS) is 19.8. The van der Waals surface area contributed by atoms with Gasteiger partial charge in [-0.25, -0.2) is 9.59 Å². The Morgan fingerprint density at radius 2 is 2.05 bits per heavy atom. The first-order valence-electron chi connectivity index (χ1n) is 7.05. The number of nitrogens with zero attached hydrogens (tertiary/aromatic N) is 1. The highest BCUT2D eigenvalue weighted by molar-refractivity contribution is 5.68. The second-order valence-electron chi connectivity index (χ2n) is 6.17. The predicted molar refractivity (Wildman–Crippen MR) is 73.6 cm³/mol. The van der Waals surface area contributed by atoms with Gasteiger partial charge in [0.25, 0.3) is 0 Å². The van der Waals surface area contributed by atoms with E-state index in [4.69, 9.17) is 14.6 Å². The maximum Gasteiger partial charge on any atom is 0.410 e. The van der Waals surface area contributed by atoms with Gasteiger partial charge in [-0.1, -0.05) is 0 Å². The number of ether oxygens (including phenoxy) is 2. The van der Waals surface area contributed by atoms with E-state index in [1.54, 1.807) is 4.90 Å². The Balaban J connectivity index is 2.31. The number of hydrogen-bond donors (Lipinski definition) is 1. The molecule has 0 bridgehead atoms. The monoisotopic (exact) mass is 287 g/mol. The van der Waals surface area contributed by atoms with Crippen LogP contribution in [0.3, 0.4) is 0 Å². The Kier molecular flexibility index (Phi) is 6.26. The number of carboxylic acids is 1. The molecule has 1 fully saturated rings. The van der Waals surface area contributed by atoms with Crippen molar-refractivity contribution in [3.63, 3.8) is 0 Å². The van der Waals surface area contributed by atoms with E-state index in [-0.39, 0.29) is 12.7 Å². The van der Waals surface area contributed by atoms with Crippen molar-refractivity contribution in [1.82, 2.24) is 4.90 Å². The summed E-state index contributed by atoms with van der Waals surface area (Å²) in [5.74, 6) is -0.603. The van der Waals surface area contributed by atoms with E-state index in [1.165, 1.54) is 0 Å². The summed E-state index contributed by atoms with van der Waals surface area (Å²) in [5.41, 5.74) is -0.478. The molecule has 1 amide bonds. The lowest BCUT2D eigenvalue weighted by Gasteiger charge is -2.34. The lowest BCUT2D eigenvalue weighted by atomic mass is 9.95. The van der Waals surface area contributed by atoms with Gasteiger partial charge in [0.05, 0.1) is 0 Å². The van der Waals surface area contributed by atoms with E-state index in [2.05, 4.69) is 0 Å². The number of carboxylic acid groups (broad SMARTS) is 1. The van der Waals surface area contributed by atoms with Crippen LogP contribution in [0.4, 0.5) is 4.79 Å². The number of piperidine rings is 1. The van der Waals surface area contributed by atoms with Crippen molar-refractivity contribution in [3.8, 4) is 0 Å². The topological polar surface area (TPSA) is 76.1 Å². The molecule has 1 heterocycles. The number of rotatable bonds is 5. The summed E-state index contributed by atoms with van der Waals surface area (Å²) in [5, 5.41) is 8.48. The Hall–Kier alpha value is -1.30. The van der Waals surface area contributed by atoms with Gasteiger partial charge in [0, 0.05) is 19.7 Å². The summed E-state index contributed by atoms with van der Waals surface area (Å²) in [6.45, 7) is 7.10. The Labute approximate surface area is 120 Å². The largest absolute Gasteiger partial charge is 0.480 e. The van der Waals surface area contributed by atoms with Crippen LogP contribution in [0.5, 0.6) is 0 Å². The van der Waals surface area contributed by atoms with E-state index in [0.29, 0.717) is 19.1 Å². The third-order valence-electron chi connectivity index (χ3n) is 3.07. The highest BCUT2D eigenvalue weighted by atomic mass is 16.6. The second-order valence-corrected chi connectivity index (χ2v) is 6.17. The van der Waals surface area contributed by atoms with Crippen LogP contribution in [0.15, 0.2) is 0 Å². The zero-order chi connectivity index (χ0) is 15.2. The van der Waals surface area contributed by atoms with Gasteiger partial charge in [0.1, 0.15) is 12.2 Å². The molecule has 0 spiro atoms. The van der Waals surface area contributed by atoms with Crippen LogP contribution in [0, 0.1) is 5.92 Å². The highest BCUT2D eigenvalue weighted by Crippen LogP contribution is 2.21. The fraction of sp³-hybridized carbons (Fsp3) is 0.857. The van der Waals surface area contributed by atoms with Gasteiger partial charge >= 0.3 is 12.1 Å². The molecule has 0 aromatic heterocycles. The fourth-order valence-corrected chi connectivity index (χ4v) is 2.20. The number of carbonyl (C=O) groups is 2. The summed E-state index contributed by atoms with van der Waals surface area (Å²) in [4.78, 5) is 24.0. The number of likely N-dealkylation sites (tertiary alicyclic amines) is 1. The third kappa shape index (κ3) is 6.75.